The van der Waals surface area contributed by atoms with Crippen LogP contribution in [0.25, 0.3) is 0 Å². The fraction of sp³-hybridized carbons (Fsp3) is 0.364. The molecule has 0 saturated heterocycles. The Morgan fingerprint density at radius 1 is 1.25 bits per heavy atom. The molecule has 1 radical (unpaired) electrons. The number of hydrogen-bond acceptors (Lipinski definition) is 2. The first kappa shape index (κ1) is 12.7. The Kier molecular flexibility index (Phi) is 3.70. The molecule has 0 fully saturated rings. The van der Waals surface area contributed by atoms with Gasteiger partial charge in [0.1, 0.15) is 6.04 Å². The largest absolute Gasteiger partial charge is 0.416 e. The Balaban J connectivity index is 3.27. The highest BCUT2D eigenvalue weighted by Crippen LogP contribution is 2.34. The van der Waals surface area contributed by atoms with Crippen LogP contribution in [-0.4, -0.2) is 25.3 Å². The molecule has 2 nitrogen and oxygen atoms in total. The normalized spacial score (nSPS) is 13.9. The maximum atomic E-state index is 12.7. The average Bonchev–Trinajstić information content (AvgIpc) is 2.17. The topological polar surface area (TPSA) is 20.3 Å². The molecule has 1 unspecified atom stereocenters. The molecule has 1 atom stereocenters. The van der Waals surface area contributed by atoms with Gasteiger partial charge in [0.25, 0.3) is 0 Å². The van der Waals surface area contributed by atoms with Crippen LogP contribution in [0.15, 0.2) is 24.3 Å². The van der Waals surface area contributed by atoms with Gasteiger partial charge in [-0.25, -0.2) is 0 Å². The third-order valence-corrected chi connectivity index (χ3v) is 2.19. The molecule has 87 valence electrons. The number of likely N-dealkylation sites (N-methyl/N-ethyl adjacent to an activating group) is 1. The van der Waals surface area contributed by atoms with Gasteiger partial charge in [-0.05, 0) is 25.7 Å². The van der Waals surface area contributed by atoms with Gasteiger partial charge in [-0.3, -0.25) is 9.69 Å². The number of rotatable bonds is 3. The van der Waals surface area contributed by atoms with E-state index in [4.69, 9.17) is 0 Å². The highest BCUT2D eigenvalue weighted by atomic mass is 19.4. The first-order chi connectivity index (χ1) is 7.38. The van der Waals surface area contributed by atoms with Crippen molar-refractivity contribution < 1.29 is 18.0 Å². The van der Waals surface area contributed by atoms with Crippen LogP contribution in [0.2, 0.25) is 0 Å². The van der Waals surface area contributed by atoms with E-state index in [2.05, 4.69) is 0 Å². The third-order valence-electron chi connectivity index (χ3n) is 2.19. The lowest BCUT2D eigenvalue weighted by Crippen LogP contribution is -2.24. The molecule has 0 aliphatic heterocycles. The second kappa shape index (κ2) is 4.65. The van der Waals surface area contributed by atoms with Gasteiger partial charge in [-0.1, -0.05) is 18.2 Å². The van der Waals surface area contributed by atoms with E-state index in [0.717, 1.165) is 6.07 Å². The van der Waals surface area contributed by atoms with Gasteiger partial charge in [-0.2, -0.15) is 13.2 Å². The molecule has 0 spiro atoms. The summed E-state index contributed by atoms with van der Waals surface area (Å²) in [6, 6.07) is 4.02. The lowest BCUT2D eigenvalue weighted by molar-refractivity contribution is -0.138. The number of halogens is 3. The van der Waals surface area contributed by atoms with Crippen molar-refractivity contribution in [2.75, 3.05) is 14.1 Å². The summed E-state index contributed by atoms with van der Waals surface area (Å²) in [4.78, 5) is 12.1. The van der Waals surface area contributed by atoms with E-state index in [9.17, 15) is 18.0 Å². The molecular formula is C11H11F3NO. The summed E-state index contributed by atoms with van der Waals surface area (Å²) in [5, 5.41) is 0. The van der Waals surface area contributed by atoms with Crippen molar-refractivity contribution in [2.45, 2.75) is 12.2 Å². The number of nitrogens with zero attached hydrogens (tertiary/aromatic N) is 1. The molecule has 0 bridgehead atoms. The summed E-state index contributed by atoms with van der Waals surface area (Å²) in [6.45, 7) is 0. The maximum Gasteiger partial charge on any atom is 0.416 e. The van der Waals surface area contributed by atoms with E-state index in [1.54, 1.807) is 6.29 Å². The molecule has 0 aliphatic carbocycles. The van der Waals surface area contributed by atoms with Crippen LogP contribution in [0.1, 0.15) is 17.2 Å². The van der Waals surface area contributed by atoms with Gasteiger partial charge in [0.15, 0.2) is 0 Å². The standard InChI is InChI=1S/C11H11F3NO/c1-15(2)10(7-16)8-5-3-4-6-9(8)11(12,13)14/h3-6,10H,1-2H3. The van der Waals surface area contributed by atoms with Gasteiger partial charge in [0.05, 0.1) is 5.56 Å². The molecule has 1 rings (SSSR count). The van der Waals surface area contributed by atoms with Crippen LogP contribution < -0.4 is 0 Å². The lowest BCUT2D eigenvalue weighted by atomic mass is 10.00. The van der Waals surface area contributed by atoms with Crippen molar-refractivity contribution in [3.8, 4) is 0 Å². The summed E-state index contributed by atoms with van der Waals surface area (Å²) in [5.41, 5.74) is -0.868. The Morgan fingerprint density at radius 3 is 2.25 bits per heavy atom. The van der Waals surface area contributed by atoms with Crippen molar-refractivity contribution in [3.05, 3.63) is 35.4 Å². The molecular weight excluding hydrogens is 219 g/mol. The van der Waals surface area contributed by atoms with E-state index in [1.807, 2.05) is 0 Å². The molecule has 0 heterocycles. The van der Waals surface area contributed by atoms with Crippen LogP contribution in [0.4, 0.5) is 13.2 Å². The number of hydrogen-bond donors (Lipinski definition) is 0. The van der Waals surface area contributed by atoms with Crippen molar-refractivity contribution in [2.24, 2.45) is 0 Å². The van der Waals surface area contributed by atoms with Crippen molar-refractivity contribution in [1.82, 2.24) is 4.90 Å². The Labute approximate surface area is 91.7 Å². The van der Waals surface area contributed by atoms with Gasteiger partial charge < -0.3 is 0 Å². The van der Waals surface area contributed by atoms with Crippen molar-refractivity contribution in [1.29, 1.82) is 0 Å². The highest BCUT2D eigenvalue weighted by molar-refractivity contribution is 5.63. The first-order valence-corrected chi connectivity index (χ1v) is 4.58. The molecule has 16 heavy (non-hydrogen) atoms. The van der Waals surface area contributed by atoms with E-state index in [1.165, 1.54) is 37.2 Å². The SMILES string of the molecule is CN(C)C([C]=O)c1ccccc1C(F)(F)F. The van der Waals surface area contributed by atoms with Crippen LogP contribution in [-0.2, 0) is 11.0 Å². The molecule has 0 aliphatic rings. The molecule has 0 saturated carbocycles. The minimum atomic E-state index is -4.46. The fourth-order valence-corrected chi connectivity index (χ4v) is 1.44. The van der Waals surface area contributed by atoms with E-state index in [0.29, 0.717) is 0 Å². The second-order valence-corrected chi connectivity index (χ2v) is 3.57. The van der Waals surface area contributed by atoms with Crippen molar-refractivity contribution >= 4 is 6.29 Å². The van der Waals surface area contributed by atoms with Crippen LogP contribution in [0.3, 0.4) is 0 Å². The summed E-state index contributed by atoms with van der Waals surface area (Å²) in [6.07, 6.45) is -2.85. The lowest BCUT2D eigenvalue weighted by Gasteiger charge is -2.21. The average molecular weight is 230 g/mol. The van der Waals surface area contributed by atoms with E-state index >= 15 is 0 Å². The predicted molar refractivity (Wildman–Crippen MR) is 53.6 cm³/mol. The quantitative estimate of drug-likeness (QED) is 0.794. The predicted octanol–water partition coefficient (Wildman–Crippen LogP) is 2.42. The number of alkyl halides is 3. The van der Waals surface area contributed by atoms with Crippen LogP contribution in [0.5, 0.6) is 0 Å². The van der Waals surface area contributed by atoms with Crippen LogP contribution in [0, 0.1) is 0 Å². The summed E-state index contributed by atoms with van der Waals surface area (Å²) in [5.74, 6) is 0. The zero-order valence-electron chi connectivity index (χ0n) is 8.88. The Bertz CT molecular complexity index is 374. The highest BCUT2D eigenvalue weighted by Gasteiger charge is 2.35. The monoisotopic (exact) mass is 230 g/mol. The molecule has 0 aromatic heterocycles. The van der Waals surface area contributed by atoms with E-state index < -0.39 is 17.8 Å². The second-order valence-electron chi connectivity index (χ2n) is 3.57. The number of benzene rings is 1. The van der Waals surface area contributed by atoms with Crippen LogP contribution >= 0.6 is 0 Å². The number of carbonyl (C=O) groups excluding carboxylic acids is 1. The van der Waals surface area contributed by atoms with Gasteiger partial charge >= 0.3 is 6.18 Å². The molecule has 0 N–H and O–H groups in total. The minimum absolute atomic E-state index is 0.0741. The van der Waals surface area contributed by atoms with E-state index in [-0.39, 0.29) is 5.56 Å². The molecule has 1 aromatic carbocycles. The first-order valence-electron chi connectivity index (χ1n) is 4.58. The maximum absolute atomic E-state index is 12.7. The van der Waals surface area contributed by atoms with Gasteiger partial charge in [0, 0.05) is 0 Å². The Morgan fingerprint density at radius 2 is 1.81 bits per heavy atom. The zero-order chi connectivity index (χ0) is 12.3. The molecule has 1 aromatic rings. The third kappa shape index (κ3) is 2.61. The van der Waals surface area contributed by atoms with Gasteiger partial charge in [-0.15, -0.1) is 0 Å². The Hall–Kier alpha value is -1.36. The fourth-order valence-electron chi connectivity index (χ4n) is 1.44. The molecule has 0 amide bonds. The molecule has 5 heteroatoms. The smallest absolute Gasteiger partial charge is 0.296 e. The summed E-state index contributed by atoms with van der Waals surface area (Å²) >= 11 is 0. The summed E-state index contributed by atoms with van der Waals surface area (Å²) < 4.78 is 38.0. The minimum Gasteiger partial charge on any atom is -0.296 e. The van der Waals surface area contributed by atoms with Crippen molar-refractivity contribution in [3.63, 3.8) is 0 Å². The van der Waals surface area contributed by atoms with Gasteiger partial charge in [0.2, 0.25) is 6.29 Å². The zero-order valence-corrected chi connectivity index (χ0v) is 8.88. The summed E-state index contributed by atoms with van der Waals surface area (Å²) in [7, 11) is 3.06.